The molecule has 1 aromatic carbocycles. The molecule has 1 aliphatic heterocycles. The Bertz CT molecular complexity index is 1010. The molecule has 0 saturated carbocycles. The van der Waals surface area contributed by atoms with E-state index >= 15 is 0 Å². The fourth-order valence-corrected chi connectivity index (χ4v) is 4.86. The third-order valence-electron chi connectivity index (χ3n) is 5.47. The third-order valence-corrected chi connectivity index (χ3v) is 6.51. The van der Waals surface area contributed by atoms with Gasteiger partial charge in [-0.2, -0.15) is 4.98 Å². The minimum absolute atomic E-state index is 0.0902. The zero-order valence-corrected chi connectivity index (χ0v) is 18.9. The Balaban J connectivity index is 1.86. The van der Waals surface area contributed by atoms with Gasteiger partial charge in [0.2, 0.25) is 11.1 Å². The highest BCUT2D eigenvalue weighted by atomic mass is 32.2. The number of fused-ring (bicyclic) bond motifs is 1. The average Bonchev–Trinajstić information content (AvgIpc) is 3.11. The molecule has 30 heavy (non-hydrogen) atoms. The number of carbonyl (C=O) groups is 1. The van der Waals surface area contributed by atoms with E-state index in [1.165, 1.54) is 0 Å². The van der Waals surface area contributed by atoms with Gasteiger partial charge in [0, 0.05) is 23.4 Å². The number of carbonyl (C=O) groups excluding carboxylic acids is 1. The van der Waals surface area contributed by atoms with Crippen LogP contribution in [0.1, 0.15) is 51.6 Å². The zero-order valence-electron chi connectivity index (χ0n) is 18.1. The number of benzene rings is 1. The second-order valence-corrected chi connectivity index (χ2v) is 9.55. The lowest BCUT2D eigenvalue weighted by atomic mass is 9.73. The molecule has 7 nitrogen and oxygen atoms in total. The van der Waals surface area contributed by atoms with Gasteiger partial charge in [0.05, 0.1) is 14.2 Å². The number of hydrogen-bond acceptors (Lipinski definition) is 7. The van der Waals surface area contributed by atoms with Gasteiger partial charge >= 0.3 is 0 Å². The average molecular weight is 429 g/mol. The molecule has 2 heterocycles. The maximum absolute atomic E-state index is 13.3. The highest BCUT2D eigenvalue weighted by molar-refractivity contribution is 7.99. The van der Waals surface area contributed by atoms with Crippen LogP contribution in [0.5, 0.6) is 11.5 Å². The van der Waals surface area contributed by atoms with Crippen molar-refractivity contribution in [3.63, 3.8) is 0 Å². The van der Waals surface area contributed by atoms with Crippen molar-refractivity contribution in [1.82, 2.24) is 14.8 Å². The Hall–Kier alpha value is -2.48. The first-order valence-electron chi connectivity index (χ1n) is 10.2. The fourth-order valence-electron chi connectivity index (χ4n) is 4.17. The number of anilines is 1. The maximum atomic E-state index is 13.3. The van der Waals surface area contributed by atoms with Crippen LogP contribution >= 0.6 is 11.8 Å². The summed E-state index contributed by atoms with van der Waals surface area (Å²) in [6.07, 6.45) is 2.35. The van der Waals surface area contributed by atoms with E-state index in [-0.39, 0.29) is 17.2 Å². The van der Waals surface area contributed by atoms with E-state index in [0.29, 0.717) is 23.9 Å². The standard InChI is InChI=1S/C22H28N4O3S/c1-6-9-30-21-24-20-23-14-11-22(2,3)12-15(27)18(14)19(26(20)25-21)13-7-8-16(28-4)17(10-13)29-5/h7-8,10,19H,6,9,11-12H2,1-5H3,(H,23,24,25). The monoisotopic (exact) mass is 428 g/mol. The smallest absolute Gasteiger partial charge is 0.227 e. The van der Waals surface area contributed by atoms with Crippen LogP contribution in [-0.4, -0.2) is 40.5 Å². The number of allylic oxidation sites excluding steroid dienone is 2. The van der Waals surface area contributed by atoms with Crippen molar-refractivity contribution < 1.29 is 14.3 Å². The zero-order chi connectivity index (χ0) is 21.5. The van der Waals surface area contributed by atoms with Gasteiger partial charge < -0.3 is 14.8 Å². The van der Waals surface area contributed by atoms with E-state index in [4.69, 9.17) is 19.6 Å². The molecule has 0 saturated heterocycles. The first-order valence-corrected chi connectivity index (χ1v) is 11.2. The maximum Gasteiger partial charge on any atom is 0.227 e. The number of hydrogen-bond donors (Lipinski definition) is 1. The largest absolute Gasteiger partial charge is 0.493 e. The van der Waals surface area contributed by atoms with Crippen molar-refractivity contribution in [2.24, 2.45) is 5.41 Å². The Labute approximate surface area is 181 Å². The lowest BCUT2D eigenvalue weighted by molar-refractivity contribution is -0.118. The van der Waals surface area contributed by atoms with Crippen molar-refractivity contribution >= 4 is 23.5 Å². The van der Waals surface area contributed by atoms with E-state index < -0.39 is 0 Å². The number of ketones is 1. The first-order chi connectivity index (χ1) is 14.4. The molecule has 2 aliphatic rings. The molecule has 2 aromatic rings. The molecule has 0 bridgehead atoms. The summed E-state index contributed by atoms with van der Waals surface area (Å²) in [4.78, 5) is 18.0. The molecule has 1 N–H and O–H groups in total. The van der Waals surface area contributed by atoms with Crippen LogP contribution < -0.4 is 14.8 Å². The molecule has 160 valence electrons. The number of nitrogens with zero attached hydrogens (tertiary/aromatic N) is 3. The Kier molecular flexibility index (Phi) is 5.53. The predicted molar refractivity (Wildman–Crippen MR) is 117 cm³/mol. The summed E-state index contributed by atoms with van der Waals surface area (Å²) in [5.41, 5.74) is 2.55. The summed E-state index contributed by atoms with van der Waals surface area (Å²) < 4.78 is 12.8. The second-order valence-electron chi connectivity index (χ2n) is 8.49. The molecule has 4 rings (SSSR count). The van der Waals surface area contributed by atoms with Crippen LogP contribution in [0.25, 0.3) is 0 Å². The van der Waals surface area contributed by atoms with Gasteiger partial charge in [0.15, 0.2) is 17.3 Å². The number of aromatic nitrogens is 3. The molecule has 0 fully saturated rings. The summed E-state index contributed by atoms with van der Waals surface area (Å²) in [7, 11) is 3.23. The molecular weight excluding hydrogens is 400 g/mol. The molecule has 0 spiro atoms. The highest BCUT2D eigenvalue weighted by Gasteiger charge is 2.42. The van der Waals surface area contributed by atoms with Crippen molar-refractivity contribution in [3.8, 4) is 11.5 Å². The van der Waals surface area contributed by atoms with E-state index in [1.807, 2.05) is 22.9 Å². The number of methoxy groups -OCH3 is 2. The van der Waals surface area contributed by atoms with E-state index in [2.05, 4.69) is 26.1 Å². The van der Waals surface area contributed by atoms with Crippen molar-refractivity contribution in [2.75, 3.05) is 25.3 Å². The Morgan fingerprint density at radius 3 is 2.70 bits per heavy atom. The molecule has 0 amide bonds. The summed E-state index contributed by atoms with van der Waals surface area (Å²) in [5.74, 6) is 3.05. The second kappa shape index (κ2) is 7.98. The first kappa shape index (κ1) is 20.8. The number of nitrogens with one attached hydrogen (secondary N) is 1. The van der Waals surface area contributed by atoms with Crippen LogP contribution in [0.4, 0.5) is 5.95 Å². The molecule has 1 aliphatic carbocycles. The van der Waals surface area contributed by atoms with Gasteiger partial charge in [0.25, 0.3) is 0 Å². The number of Topliss-reactive ketones (excluding diaryl/α,β-unsaturated/α-hetero) is 1. The Morgan fingerprint density at radius 1 is 1.23 bits per heavy atom. The van der Waals surface area contributed by atoms with E-state index in [0.717, 1.165) is 40.6 Å². The molecule has 1 atom stereocenters. The molecule has 8 heteroatoms. The van der Waals surface area contributed by atoms with Crippen LogP contribution in [0.15, 0.2) is 34.6 Å². The van der Waals surface area contributed by atoms with E-state index in [1.54, 1.807) is 26.0 Å². The number of ether oxygens (including phenoxy) is 2. The minimum atomic E-state index is -0.344. The van der Waals surface area contributed by atoms with Crippen molar-refractivity contribution in [1.29, 1.82) is 0 Å². The number of thioether (sulfide) groups is 1. The van der Waals surface area contributed by atoms with E-state index in [9.17, 15) is 4.79 Å². The summed E-state index contributed by atoms with van der Waals surface area (Å²) in [5, 5.41) is 8.88. The quantitative estimate of drug-likeness (QED) is 0.681. The molecular formula is C22H28N4O3S. The normalized spacial score (nSPS) is 19.8. The topological polar surface area (TPSA) is 78.3 Å². The minimum Gasteiger partial charge on any atom is -0.493 e. The molecule has 1 aromatic heterocycles. The van der Waals surface area contributed by atoms with Gasteiger partial charge in [0.1, 0.15) is 6.04 Å². The fraction of sp³-hybridized carbons (Fsp3) is 0.500. The van der Waals surface area contributed by atoms with Crippen molar-refractivity contribution in [2.45, 2.75) is 51.2 Å². The van der Waals surface area contributed by atoms with Gasteiger partial charge in [-0.15, -0.1) is 5.10 Å². The van der Waals surface area contributed by atoms with Gasteiger partial charge in [-0.25, -0.2) is 4.68 Å². The lowest BCUT2D eigenvalue weighted by Crippen LogP contribution is -2.36. The predicted octanol–water partition coefficient (Wildman–Crippen LogP) is 4.46. The number of rotatable bonds is 6. The SMILES string of the molecule is CCCSc1nc2n(n1)C(c1ccc(OC)c(OC)c1)C1=C(CC(C)(C)CC1=O)N2. The van der Waals surface area contributed by atoms with Gasteiger partial charge in [-0.3, -0.25) is 4.79 Å². The summed E-state index contributed by atoms with van der Waals surface area (Å²) in [6, 6.07) is 5.43. The summed E-state index contributed by atoms with van der Waals surface area (Å²) >= 11 is 1.63. The van der Waals surface area contributed by atoms with Crippen LogP contribution in [-0.2, 0) is 4.79 Å². The molecule has 1 unspecified atom stereocenters. The van der Waals surface area contributed by atoms with Gasteiger partial charge in [-0.1, -0.05) is 38.6 Å². The van der Waals surface area contributed by atoms with Crippen LogP contribution in [0.2, 0.25) is 0 Å². The Morgan fingerprint density at radius 2 is 2.00 bits per heavy atom. The van der Waals surface area contributed by atoms with Crippen molar-refractivity contribution in [3.05, 3.63) is 35.0 Å². The highest BCUT2D eigenvalue weighted by Crippen LogP contribution is 2.46. The summed E-state index contributed by atoms with van der Waals surface area (Å²) in [6.45, 7) is 6.39. The van der Waals surface area contributed by atoms with Crippen LogP contribution in [0.3, 0.4) is 0 Å². The molecule has 0 radical (unpaired) electrons. The van der Waals surface area contributed by atoms with Crippen LogP contribution in [0, 0.1) is 5.41 Å². The van der Waals surface area contributed by atoms with Gasteiger partial charge in [-0.05, 0) is 36.0 Å². The third kappa shape index (κ3) is 3.69. The lowest BCUT2D eigenvalue weighted by Gasteiger charge is -2.38.